The fraction of sp³-hybridized carbons (Fsp3) is 0.455. The Labute approximate surface area is 83.4 Å². The molecule has 0 bridgehead atoms. The molecular weight excluding hydrogens is 178 g/mol. The van der Waals surface area contributed by atoms with Crippen molar-refractivity contribution in [1.29, 1.82) is 0 Å². The SMILES string of the molecule is Oc1cc(O)cc(C2CCCNC2)c1. The first-order valence-corrected chi connectivity index (χ1v) is 4.99. The summed E-state index contributed by atoms with van der Waals surface area (Å²) < 4.78 is 0. The van der Waals surface area contributed by atoms with Crippen LogP contribution in [0.25, 0.3) is 0 Å². The van der Waals surface area contributed by atoms with Crippen molar-refractivity contribution < 1.29 is 10.2 Å². The van der Waals surface area contributed by atoms with E-state index < -0.39 is 0 Å². The van der Waals surface area contributed by atoms with Gasteiger partial charge in [-0.05, 0) is 43.0 Å². The molecule has 1 aromatic rings. The summed E-state index contributed by atoms with van der Waals surface area (Å²) in [5, 5.41) is 22.0. The summed E-state index contributed by atoms with van der Waals surface area (Å²) in [7, 11) is 0. The van der Waals surface area contributed by atoms with E-state index in [4.69, 9.17) is 0 Å². The van der Waals surface area contributed by atoms with E-state index in [9.17, 15) is 10.2 Å². The van der Waals surface area contributed by atoms with Gasteiger partial charge in [0.15, 0.2) is 0 Å². The lowest BCUT2D eigenvalue weighted by Gasteiger charge is -2.23. The summed E-state index contributed by atoms with van der Waals surface area (Å²) in [6.45, 7) is 2.00. The predicted octanol–water partition coefficient (Wildman–Crippen LogP) is 1.56. The van der Waals surface area contributed by atoms with Crippen LogP contribution < -0.4 is 5.32 Å². The Bertz CT molecular complexity index is 299. The van der Waals surface area contributed by atoms with Gasteiger partial charge < -0.3 is 15.5 Å². The van der Waals surface area contributed by atoms with E-state index in [0.29, 0.717) is 5.92 Å². The molecule has 14 heavy (non-hydrogen) atoms. The molecule has 1 heterocycles. The lowest BCUT2D eigenvalue weighted by atomic mass is 9.91. The van der Waals surface area contributed by atoms with E-state index in [2.05, 4.69) is 5.32 Å². The molecule has 1 aliphatic heterocycles. The van der Waals surface area contributed by atoms with Crippen LogP contribution in [0, 0.1) is 0 Å². The van der Waals surface area contributed by atoms with Gasteiger partial charge in [0, 0.05) is 12.6 Å². The zero-order chi connectivity index (χ0) is 9.97. The standard InChI is InChI=1S/C11H15NO2/c13-10-4-9(5-11(14)6-10)8-2-1-3-12-7-8/h4-6,8,12-14H,1-3,7H2. The monoisotopic (exact) mass is 193 g/mol. The molecule has 0 saturated carbocycles. The fourth-order valence-electron chi connectivity index (χ4n) is 1.99. The first kappa shape index (κ1) is 9.34. The van der Waals surface area contributed by atoms with E-state index in [1.807, 2.05) is 0 Å². The zero-order valence-corrected chi connectivity index (χ0v) is 8.03. The smallest absolute Gasteiger partial charge is 0.119 e. The number of aromatic hydroxyl groups is 2. The highest BCUT2D eigenvalue weighted by Gasteiger charge is 2.15. The van der Waals surface area contributed by atoms with E-state index in [-0.39, 0.29) is 11.5 Å². The molecule has 1 atom stereocenters. The molecule has 1 aromatic carbocycles. The maximum absolute atomic E-state index is 9.34. The van der Waals surface area contributed by atoms with Crippen molar-refractivity contribution >= 4 is 0 Å². The second-order valence-corrected chi connectivity index (χ2v) is 3.83. The van der Waals surface area contributed by atoms with Crippen molar-refractivity contribution in [3.8, 4) is 11.5 Å². The largest absolute Gasteiger partial charge is 0.508 e. The van der Waals surface area contributed by atoms with Crippen LogP contribution in [0.1, 0.15) is 24.3 Å². The minimum absolute atomic E-state index is 0.144. The Balaban J connectivity index is 2.21. The van der Waals surface area contributed by atoms with Gasteiger partial charge in [-0.25, -0.2) is 0 Å². The summed E-state index contributed by atoms with van der Waals surface area (Å²) >= 11 is 0. The van der Waals surface area contributed by atoms with Gasteiger partial charge in [-0.15, -0.1) is 0 Å². The minimum atomic E-state index is 0.144. The first-order valence-electron chi connectivity index (χ1n) is 4.99. The minimum Gasteiger partial charge on any atom is -0.508 e. The van der Waals surface area contributed by atoms with Crippen molar-refractivity contribution in [2.75, 3.05) is 13.1 Å². The van der Waals surface area contributed by atoms with E-state index >= 15 is 0 Å². The molecule has 0 aromatic heterocycles. The average Bonchev–Trinajstić information content (AvgIpc) is 2.18. The van der Waals surface area contributed by atoms with Crippen LogP contribution in [-0.2, 0) is 0 Å². The normalized spacial score (nSPS) is 22.1. The van der Waals surface area contributed by atoms with Crippen molar-refractivity contribution in [1.82, 2.24) is 5.32 Å². The zero-order valence-electron chi connectivity index (χ0n) is 8.03. The van der Waals surface area contributed by atoms with Gasteiger partial charge in [0.05, 0.1) is 0 Å². The van der Waals surface area contributed by atoms with Crippen LogP contribution in [0.5, 0.6) is 11.5 Å². The van der Waals surface area contributed by atoms with Crippen molar-refractivity contribution in [3.05, 3.63) is 23.8 Å². The molecule has 1 saturated heterocycles. The molecule has 3 heteroatoms. The van der Waals surface area contributed by atoms with Crippen LogP contribution >= 0.6 is 0 Å². The van der Waals surface area contributed by atoms with Crippen molar-refractivity contribution in [2.24, 2.45) is 0 Å². The number of rotatable bonds is 1. The van der Waals surface area contributed by atoms with Gasteiger partial charge in [0.1, 0.15) is 11.5 Å². The molecule has 3 N–H and O–H groups in total. The number of nitrogens with one attached hydrogen (secondary N) is 1. The van der Waals surface area contributed by atoms with Crippen LogP contribution in [0.4, 0.5) is 0 Å². The Morgan fingerprint density at radius 1 is 1.14 bits per heavy atom. The molecule has 76 valence electrons. The molecule has 2 rings (SSSR count). The number of phenols is 2. The van der Waals surface area contributed by atoms with E-state index in [1.165, 1.54) is 6.07 Å². The molecule has 1 aliphatic rings. The lowest BCUT2D eigenvalue weighted by molar-refractivity contribution is 0.436. The average molecular weight is 193 g/mol. The topological polar surface area (TPSA) is 52.5 Å². The number of hydrogen-bond donors (Lipinski definition) is 3. The van der Waals surface area contributed by atoms with Crippen LogP contribution in [0.2, 0.25) is 0 Å². The summed E-state index contributed by atoms with van der Waals surface area (Å²) in [5.41, 5.74) is 1.02. The second kappa shape index (κ2) is 3.88. The van der Waals surface area contributed by atoms with Gasteiger partial charge in [0.25, 0.3) is 0 Å². The maximum Gasteiger partial charge on any atom is 0.119 e. The maximum atomic E-state index is 9.34. The van der Waals surface area contributed by atoms with E-state index in [1.54, 1.807) is 12.1 Å². The Morgan fingerprint density at radius 2 is 1.86 bits per heavy atom. The predicted molar refractivity (Wildman–Crippen MR) is 54.6 cm³/mol. The number of piperidine rings is 1. The third-order valence-electron chi connectivity index (χ3n) is 2.69. The first-order chi connectivity index (χ1) is 6.75. The Morgan fingerprint density at radius 3 is 2.43 bits per heavy atom. The van der Waals surface area contributed by atoms with Gasteiger partial charge in [0.2, 0.25) is 0 Å². The summed E-state index contributed by atoms with van der Waals surface area (Å²) in [6, 6.07) is 4.83. The Hall–Kier alpha value is -1.22. The van der Waals surface area contributed by atoms with E-state index in [0.717, 1.165) is 31.5 Å². The van der Waals surface area contributed by atoms with Crippen LogP contribution in [-0.4, -0.2) is 23.3 Å². The highest BCUT2D eigenvalue weighted by molar-refractivity contribution is 5.38. The number of hydrogen-bond acceptors (Lipinski definition) is 3. The Kier molecular flexibility index (Phi) is 2.59. The molecule has 0 amide bonds. The van der Waals surface area contributed by atoms with Crippen LogP contribution in [0.15, 0.2) is 18.2 Å². The fourth-order valence-corrected chi connectivity index (χ4v) is 1.99. The van der Waals surface area contributed by atoms with Gasteiger partial charge in [-0.3, -0.25) is 0 Å². The third-order valence-corrected chi connectivity index (χ3v) is 2.69. The van der Waals surface area contributed by atoms with Gasteiger partial charge in [-0.2, -0.15) is 0 Å². The molecular formula is C11H15NO2. The highest BCUT2D eigenvalue weighted by Crippen LogP contribution is 2.29. The lowest BCUT2D eigenvalue weighted by Crippen LogP contribution is -2.28. The van der Waals surface area contributed by atoms with Crippen molar-refractivity contribution in [3.63, 3.8) is 0 Å². The highest BCUT2D eigenvalue weighted by atomic mass is 16.3. The van der Waals surface area contributed by atoms with Gasteiger partial charge >= 0.3 is 0 Å². The summed E-state index contributed by atoms with van der Waals surface area (Å²) in [5.74, 6) is 0.706. The van der Waals surface area contributed by atoms with Crippen LogP contribution in [0.3, 0.4) is 0 Å². The summed E-state index contributed by atoms with van der Waals surface area (Å²) in [6.07, 6.45) is 2.27. The number of phenolic OH excluding ortho intramolecular Hbond substituents is 2. The molecule has 3 nitrogen and oxygen atoms in total. The second-order valence-electron chi connectivity index (χ2n) is 3.83. The quantitative estimate of drug-likeness (QED) is 0.634. The van der Waals surface area contributed by atoms with Gasteiger partial charge in [-0.1, -0.05) is 0 Å². The molecule has 1 unspecified atom stereocenters. The third kappa shape index (κ3) is 1.99. The molecule has 0 radical (unpaired) electrons. The molecule has 0 aliphatic carbocycles. The summed E-state index contributed by atoms with van der Waals surface area (Å²) in [4.78, 5) is 0. The molecule has 1 fully saturated rings. The molecule has 0 spiro atoms. The van der Waals surface area contributed by atoms with Crippen molar-refractivity contribution in [2.45, 2.75) is 18.8 Å². The number of benzene rings is 1.